The third kappa shape index (κ3) is 4.96. The number of rotatable bonds is 6. The van der Waals surface area contributed by atoms with Crippen LogP contribution in [0.3, 0.4) is 0 Å². The molecule has 1 heterocycles. The van der Waals surface area contributed by atoms with Gasteiger partial charge < -0.3 is 15.0 Å². The number of nitrogens with one attached hydrogen (secondary N) is 1. The average molecular weight is 375 g/mol. The topological polar surface area (TPSA) is 102 Å². The summed E-state index contributed by atoms with van der Waals surface area (Å²) in [6.45, 7) is 5.16. The molecule has 0 spiro atoms. The summed E-state index contributed by atoms with van der Waals surface area (Å²) in [5, 5.41) is 14.4. The van der Waals surface area contributed by atoms with Crippen molar-refractivity contribution >= 4 is 23.3 Å². The highest BCUT2D eigenvalue weighted by Crippen LogP contribution is 2.31. The smallest absolute Gasteiger partial charge is 0.338 e. The average Bonchev–Trinajstić information content (AvgIpc) is 3.42. The van der Waals surface area contributed by atoms with Gasteiger partial charge in [0, 0.05) is 25.2 Å². The van der Waals surface area contributed by atoms with Crippen LogP contribution < -0.4 is 5.32 Å². The Morgan fingerprint density at radius 2 is 1.93 bits per heavy atom. The molecule has 27 heavy (non-hydrogen) atoms. The Kier molecular flexibility index (Phi) is 5.62. The van der Waals surface area contributed by atoms with Crippen molar-refractivity contribution in [3.8, 4) is 0 Å². The standard InChI is InChI=1S/C19H25N3O5/c1-12-7-13(2)10-21(9-12)18(23)11-27-19(24)14-3-6-16(20-15-4-5-15)17(8-14)22(25)26/h3,6,8,12-13,15,20H,4-5,7,9-11H2,1-2H3/t12-,13+. The van der Waals surface area contributed by atoms with Crippen molar-refractivity contribution in [2.45, 2.75) is 39.2 Å². The minimum absolute atomic E-state index is 0.0660. The van der Waals surface area contributed by atoms with Crippen molar-refractivity contribution in [1.82, 2.24) is 4.90 Å². The van der Waals surface area contributed by atoms with E-state index in [0.717, 1.165) is 19.3 Å². The first-order chi connectivity index (χ1) is 12.8. The van der Waals surface area contributed by atoms with Crippen LogP contribution >= 0.6 is 0 Å². The Hall–Kier alpha value is -2.64. The maximum atomic E-state index is 12.3. The number of nitro benzene ring substituents is 1. The number of nitro groups is 1. The van der Waals surface area contributed by atoms with E-state index in [9.17, 15) is 19.7 Å². The molecule has 3 rings (SSSR count). The summed E-state index contributed by atoms with van der Waals surface area (Å²) >= 11 is 0. The Morgan fingerprint density at radius 1 is 1.26 bits per heavy atom. The normalized spacial score (nSPS) is 22.2. The van der Waals surface area contributed by atoms with Gasteiger partial charge in [-0.1, -0.05) is 13.8 Å². The van der Waals surface area contributed by atoms with Crippen molar-refractivity contribution < 1.29 is 19.2 Å². The maximum absolute atomic E-state index is 12.3. The highest BCUT2D eigenvalue weighted by Gasteiger charge is 2.27. The first-order valence-electron chi connectivity index (χ1n) is 9.33. The van der Waals surface area contributed by atoms with Gasteiger partial charge in [0.2, 0.25) is 0 Å². The van der Waals surface area contributed by atoms with E-state index in [-0.39, 0.29) is 29.8 Å². The number of benzene rings is 1. The molecule has 2 atom stereocenters. The maximum Gasteiger partial charge on any atom is 0.338 e. The summed E-state index contributed by atoms with van der Waals surface area (Å²) in [5.41, 5.74) is 0.295. The van der Waals surface area contributed by atoms with Crippen LogP contribution in [0.25, 0.3) is 0 Å². The second-order valence-corrected chi connectivity index (χ2v) is 7.73. The van der Waals surface area contributed by atoms with Gasteiger partial charge in [0.1, 0.15) is 5.69 Å². The lowest BCUT2D eigenvalue weighted by molar-refractivity contribution is -0.384. The monoisotopic (exact) mass is 375 g/mol. The molecule has 8 heteroatoms. The van der Waals surface area contributed by atoms with E-state index < -0.39 is 10.9 Å². The molecule has 1 aliphatic carbocycles. The van der Waals surface area contributed by atoms with Gasteiger partial charge in [-0.15, -0.1) is 0 Å². The summed E-state index contributed by atoms with van der Waals surface area (Å²) in [6.07, 6.45) is 3.04. The number of ether oxygens (including phenoxy) is 1. The second kappa shape index (κ2) is 7.94. The molecule has 2 fully saturated rings. The first kappa shape index (κ1) is 19.1. The van der Waals surface area contributed by atoms with Crippen molar-refractivity contribution in [3.63, 3.8) is 0 Å². The number of anilines is 1. The van der Waals surface area contributed by atoms with Gasteiger partial charge in [-0.25, -0.2) is 4.79 Å². The molecule has 1 saturated carbocycles. The molecular formula is C19H25N3O5. The van der Waals surface area contributed by atoms with Gasteiger partial charge in [-0.05, 0) is 43.2 Å². The third-order valence-electron chi connectivity index (χ3n) is 4.92. The lowest BCUT2D eigenvalue weighted by Gasteiger charge is -2.34. The van der Waals surface area contributed by atoms with Crippen LogP contribution in [0.4, 0.5) is 11.4 Å². The van der Waals surface area contributed by atoms with E-state index in [0.29, 0.717) is 30.6 Å². The molecule has 1 saturated heterocycles. The number of hydrogen-bond donors (Lipinski definition) is 1. The van der Waals surface area contributed by atoms with Crippen molar-refractivity contribution in [2.75, 3.05) is 25.0 Å². The molecule has 1 N–H and O–H groups in total. The van der Waals surface area contributed by atoms with E-state index in [1.165, 1.54) is 18.2 Å². The fourth-order valence-corrected chi connectivity index (χ4v) is 3.55. The number of piperidine rings is 1. The van der Waals surface area contributed by atoms with Crippen LogP contribution in [0.15, 0.2) is 18.2 Å². The SMILES string of the molecule is C[C@@H]1C[C@H](C)CN(C(=O)COC(=O)c2ccc(NC3CC3)c([N+](=O)[O-])c2)C1. The van der Waals surface area contributed by atoms with Crippen molar-refractivity contribution in [3.05, 3.63) is 33.9 Å². The lowest BCUT2D eigenvalue weighted by Crippen LogP contribution is -2.44. The molecule has 0 unspecified atom stereocenters. The molecule has 2 aliphatic rings. The number of hydrogen-bond acceptors (Lipinski definition) is 6. The second-order valence-electron chi connectivity index (χ2n) is 7.73. The number of carbonyl (C=O) groups is 2. The summed E-state index contributed by atoms with van der Waals surface area (Å²) in [6, 6.07) is 4.45. The van der Waals surface area contributed by atoms with E-state index in [2.05, 4.69) is 19.2 Å². The molecule has 0 bridgehead atoms. The molecule has 8 nitrogen and oxygen atoms in total. The number of esters is 1. The molecule has 0 aromatic heterocycles. The van der Waals surface area contributed by atoms with Crippen molar-refractivity contribution in [1.29, 1.82) is 0 Å². The quantitative estimate of drug-likeness (QED) is 0.466. The Morgan fingerprint density at radius 3 is 2.52 bits per heavy atom. The number of amides is 1. The van der Waals surface area contributed by atoms with Gasteiger partial charge in [0.15, 0.2) is 6.61 Å². The van der Waals surface area contributed by atoms with Crippen LogP contribution in [0.2, 0.25) is 0 Å². The first-order valence-corrected chi connectivity index (χ1v) is 9.33. The minimum atomic E-state index is -0.734. The van der Waals surface area contributed by atoms with Gasteiger partial charge >= 0.3 is 5.97 Å². The van der Waals surface area contributed by atoms with E-state index >= 15 is 0 Å². The predicted octanol–water partition coefficient (Wildman–Crippen LogP) is 2.83. The van der Waals surface area contributed by atoms with Crippen LogP contribution in [0.1, 0.15) is 43.5 Å². The van der Waals surface area contributed by atoms with E-state index in [1.54, 1.807) is 4.90 Å². The number of carbonyl (C=O) groups excluding carboxylic acids is 2. The predicted molar refractivity (Wildman–Crippen MR) is 99.5 cm³/mol. The summed E-state index contributed by atoms with van der Waals surface area (Å²) in [7, 11) is 0. The summed E-state index contributed by atoms with van der Waals surface area (Å²) < 4.78 is 5.11. The van der Waals surface area contributed by atoms with Gasteiger partial charge in [-0.3, -0.25) is 14.9 Å². The zero-order chi connectivity index (χ0) is 19.6. The fourth-order valence-electron chi connectivity index (χ4n) is 3.55. The van der Waals surface area contributed by atoms with Crippen LogP contribution in [0, 0.1) is 22.0 Å². The number of nitrogens with zero attached hydrogens (tertiary/aromatic N) is 2. The zero-order valence-corrected chi connectivity index (χ0v) is 15.6. The molecule has 1 aromatic rings. The van der Waals surface area contributed by atoms with Crippen LogP contribution in [-0.2, 0) is 9.53 Å². The molecule has 1 aromatic carbocycles. The van der Waals surface area contributed by atoms with E-state index in [1.807, 2.05) is 0 Å². The largest absolute Gasteiger partial charge is 0.452 e. The summed E-state index contributed by atoms with van der Waals surface area (Å²) in [4.78, 5) is 37.0. The Bertz CT molecular complexity index is 737. The fraction of sp³-hybridized carbons (Fsp3) is 0.579. The molecule has 146 valence electrons. The van der Waals surface area contributed by atoms with Crippen molar-refractivity contribution in [2.24, 2.45) is 11.8 Å². The van der Waals surface area contributed by atoms with Gasteiger partial charge in [0.05, 0.1) is 10.5 Å². The third-order valence-corrected chi connectivity index (χ3v) is 4.92. The van der Waals surface area contributed by atoms with Crippen LogP contribution in [0.5, 0.6) is 0 Å². The lowest BCUT2D eigenvalue weighted by atomic mass is 9.92. The Balaban J connectivity index is 1.61. The molecular weight excluding hydrogens is 350 g/mol. The van der Waals surface area contributed by atoms with E-state index in [4.69, 9.17) is 4.74 Å². The highest BCUT2D eigenvalue weighted by molar-refractivity contribution is 5.93. The summed E-state index contributed by atoms with van der Waals surface area (Å²) in [5.74, 6) is -0.129. The minimum Gasteiger partial charge on any atom is -0.452 e. The Labute approximate surface area is 158 Å². The van der Waals surface area contributed by atoms with Gasteiger partial charge in [-0.2, -0.15) is 0 Å². The zero-order valence-electron chi connectivity index (χ0n) is 15.6. The number of likely N-dealkylation sites (tertiary alicyclic amines) is 1. The molecule has 1 aliphatic heterocycles. The van der Waals surface area contributed by atoms with Crippen LogP contribution in [-0.4, -0.2) is 47.4 Å². The highest BCUT2D eigenvalue weighted by atomic mass is 16.6. The van der Waals surface area contributed by atoms with Gasteiger partial charge in [0.25, 0.3) is 11.6 Å². The molecule has 1 amide bonds. The molecule has 0 radical (unpaired) electrons.